The standard InChI is InChI=1S/C23H24N4O2/c28-23(20-16-18-8-4-5-9-19(18)29-20)26-13-12-22-24-21(25-27(22)15-14-26)11-10-17-6-2-1-3-7-17/h1-9,20H,10-16H2. The minimum absolute atomic E-state index is 0.0660. The highest BCUT2D eigenvalue weighted by molar-refractivity contribution is 5.82. The summed E-state index contributed by atoms with van der Waals surface area (Å²) in [5.74, 6) is 2.76. The molecule has 2 aliphatic rings. The van der Waals surface area contributed by atoms with Crippen molar-refractivity contribution in [2.45, 2.75) is 38.3 Å². The smallest absolute Gasteiger partial charge is 0.264 e. The van der Waals surface area contributed by atoms with Gasteiger partial charge in [0.25, 0.3) is 5.91 Å². The van der Waals surface area contributed by atoms with Crippen LogP contribution in [0.4, 0.5) is 0 Å². The maximum atomic E-state index is 13.0. The fraction of sp³-hybridized carbons (Fsp3) is 0.348. The molecule has 0 saturated carbocycles. The Bertz CT molecular complexity index is 964. The topological polar surface area (TPSA) is 60.2 Å². The number of carbonyl (C=O) groups excluding carboxylic acids is 1. The van der Waals surface area contributed by atoms with Crippen molar-refractivity contribution < 1.29 is 9.53 Å². The first-order chi connectivity index (χ1) is 14.3. The number of para-hydroxylation sites is 1. The van der Waals surface area contributed by atoms with Crippen molar-refractivity contribution in [1.82, 2.24) is 19.7 Å². The highest BCUT2D eigenvalue weighted by atomic mass is 16.5. The van der Waals surface area contributed by atoms with Crippen LogP contribution in [0.3, 0.4) is 0 Å². The van der Waals surface area contributed by atoms with Gasteiger partial charge in [0, 0.05) is 32.4 Å². The summed E-state index contributed by atoms with van der Waals surface area (Å²) in [5.41, 5.74) is 2.41. The summed E-state index contributed by atoms with van der Waals surface area (Å²) >= 11 is 0. The van der Waals surface area contributed by atoms with E-state index in [-0.39, 0.29) is 5.91 Å². The maximum Gasteiger partial charge on any atom is 0.264 e. The normalized spacial score (nSPS) is 17.9. The number of ether oxygens (including phenoxy) is 1. The number of amides is 1. The molecular weight excluding hydrogens is 364 g/mol. The highest BCUT2D eigenvalue weighted by Crippen LogP contribution is 2.29. The van der Waals surface area contributed by atoms with Crippen LogP contribution in [0.5, 0.6) is 5.75 Å². The first-order valence-electron chi connectivity index (χ1n) is 10.3. The summed E-state index contributed by atoms with van der Waals surface area (Å²) in [6, 6.07) is 18.3. The van der Waals surface area contributed by atoms with Crippen LogP contribution < -0.4 is 4.74 Å². The Morgan fingerprint density at radius 1 is 1.00 bits per heavy atom. The van der Waals surface area contributed by atoms with Crippen LogP contribution in [0.25, 0.3) is 0 Å². The van der Waals surface area contributed by atoms with Crippen LogP contribution in [-0.4, -0.2) is 44.8 Å². The third-order valence-corrected chi connectivity index (χ3v) is 5.69. The fourth-order valence-corrected chi connectivity index (χ4v) is 4.10. The monoisotopic (exact) mass is 388 g/mol. The third kappa shape index (κ3) is 3.75. The molecule has 0 aliphatic carbocycles. The van der Waals surface area contributed by atoms with Gasteiger partial charge < -0.3 is 9.64 Å². The molecule has 1 aromatic heterocycles. The molecular formula is C23H24N4O2. The molecule has 148 valence electrons. The molecule has 3 heterocycles. The third-order valence-electron chi connectivity index (χ3n) is 5.69. The molecule has 1 atom stereocenters. The molecule has 0 fully saturated rings. The Hall–Kier alpha value is -3.15. The molecule has 3 aromatic rings. The molecule has 5 rings (SSSR count). The maximum absolute atomic E-state index is 13.0. The molecule has 2 aliphatic heterocycles. The second-order valence-electron chi connectivity index (χ2n) is 7.65. The van der Waals surface area contributed by atoms with E-state index in [0.29, 0.717) is 26.1 Å². The van der Waals surface area contributed by atoms with E-state index in [9.17, 15) is 4.79 Å². The first kappa shape index (κ1) is 17.9. The van der Waals surface area contributed by atoms with E-state index < -0.39 is 6.10 Å². The lowest BCUT2D eigenvalue weighted by Crippen LogP contribution is -2.42. The van der Waals surface area contributed by atoms with E-state index in [2.05, 4.69) is 29.4 Å². The summed E-state index contributed by atoms with van der Waals surface area (Å²) in [4.78, 5) is 19.6. The van der Waals surface area contributed by atoms with Gasteiger partial charge in [0.05, 0.1) is 6.54 Å². The Kier molecular flexibility index (Phi) is 4.76. The van der Waals surface area contributed by atoms with Gasteiger partial charge in [0.1, 0.15) is 11.6 Å². The predicted octanol–water partition coefficient (Wildman–Crippen LogP) is 2.45. The van der Waals surface area contributed by atoms with Crippen molar-refractivity contribution in [2.24, 2.45) is 0 Å². The zero-order chi connectivity index (χ0) is 19.6. The summed E-state index contributed by atoms with van der Waals surface area (Å²) in [7, 11) is 0. The Balaban J connectivity index is 1.19. The van der Waals surface area contributed by atoms with Crippen molar-refractivity contribution in [3.05, 3.63) is 77.4 Å². The zero-order valence-corrected chi connectivity index (χ0v) is 16.3. The zero-order valence-electron chi connectivity index (χ0n) is 16.3. The lowest BCUT2D eigenvalue weighted by atomic mass is 10.1. The number of nitrogens with zero attached hydrogens (tertiary/aromatic N) is 4. The van der Waals surface area contributed by atoms with Gasteiger partial charge in [-0.2, -0.15) is 5.10 Å². The molecule has 2 aromatic carbocycles. The van der Waals surface area contributed by atoms with E-state index >= 15 is 0 Å². The van der Waals surface area contributed by atoms with Crippen LogP contribution in [0, 0.1) is 0 Å². The van der Waals surface area contributed by atoms with E-state index in [0.717, 1.165) is 42.2 Å². The highest BCUT2D eigenvalue weighted by Gasteiger charge is 2.33. The van der Waals surface area contributed by atoms with Gasteiger partial charge in [0.15, 0.2) is 11.9 Å². The largest absolute Gasteiger partial charge is 0.480 e. The molecule has 6 nitrogen and oxygen atoms in total. The number of hydrogen-bond acceptors (Lipinski definition) is 4. The van der Waals surface area contributed by atoms with Crippen molar-refractivity contribution in [3.8, 4) is 5.75 Å². The quantitative estimate of drug-likeness (QED) is 0.689. The van der Waals surface area contributed by atoms with E-state index in [4.69, 9.17) is 9.72 Å². The summed E-state index contributed by atoms with van der Waals surface area (Å²) < 4.78 is 7.86. The molecule has 0 N–H and O–H groups in total. The number of aromatic nitrogens is 3. The van der Waals surface area contributed by atoms with E-state index in [1.165, 1.54) is 5.56 Å². The van der Waals surface area contributed by atoms with Crippen molar-refractivity contribution >= 4 is 5.91 Å². The summed E-state index contributed by atoms with van der Waals surface area (Å²) in [6.45, 7) is 1.98. The van der Waals surface area contributed by atoms with E-state index in [1.807, 2.05) is 39.9 Å². The molecule has 0 spiro atoms. The Labute approximate surface area is 170 Å². The van der Waals surface area contributed by atoms with Gasteiger partial charge in [-0.3, -0.25) is 4.79 Å². The van der Waals surface area contributed by atoms with Crippen LogP contribution in [0.1, 0.15) is 22.8 Å². The van der Waals surface area contributed by atoms with Gasteiger partial charge in [-0.25, -0.2) is 9.67 Å². The molecule has 29 heavy (non-hydrogen) atoms. The van der Waals surface area contributed by atoms with Gasteiger partial charge in [-0.1, -0.05) is 48.5 Å². The molecule has 1 unspecified atom stereocenters. The molecule has 0 bridgehead atoms. The van der Waals surface area contributed by atoms with Crippen LogP contribution in [0.15, 0.2) is 54.6 Å². The summed E-state index contributed by atoms with van der Waals surface area (Å²) in [5, 5.41) is 4.69. The average Bonchev–Trinajstić information content (AvgIpc) is 3.31. The fourth-order valence-electron chi connectivity index (χ4n) is 4.10. The second-order valence-corrected chi connectivity index (χ2v) is 7.65. The molecule has 0 radical (unpaired) electrons. The SMILES string of the molecule is O=C(C1Cc2ccccc2O1)N1CCc2nc(CCc3ccccc3)nn2CC1. The van der Waals surface area contributed by atoms with Crippen LogP contribution in [0.2, 0.25) is 0 Å². The number of fused-ring (bicyclic) bond motifs is 2. The number of hydrogen-bond donors (Lipinski definition) is 0. The lowest BCUT2D eigenvalue weighted by Gasteiger charge is -2.23. The molecule has 0 saturated heterocycles. The molecule has 6 heteroatoms. The Morgan fingerprint density at radius 3 is 2.69 bits per heavy atom. The number of aryl methyl sites for hydroxylation is 2. The van der Waals surface area contributed by atoms with Crippen molar-refractivity contribution in [3.63, 3.8) is 0 Å². The first-order valence-corrected chi connectivity index (χ1v) is 10.3. The van der Waals surface area contributed by atoms with Gasteiger partial charge in [0.2, 0.25) is 0 Å². The molecule has 1 amide bonds. The van der Waals surface area contributed by atoms with Gasteiger partial charge in [-0.05, 0) is 23.6 Å². The Morgan fingerprint density at radius 2 is 1.83 bits per heavy atom. The van der Waals surface area contributed by atoms with Crippen LogP contribution >= 0.6 is 0 Å². The van der Waals surface area contributed by atoms with E-state index in [1.54, 1.807) is 0 Å². The van der Waals surface area contributed by atoms with Gasteiger partial charge >= 0.3 is 0 Å². The summed E-state index contributed by atoms with van der Waals surface area (Å²) in [6.07, 6.45) is 2.74. The second kappa shape index (κ2) is 7.70. The van der Waals surface area contributed by atoms with Crippen molar-refractivity contribution in [1.29, 1.82) is 0 Å². The average molecular weight is 388 g/mol. The van der Waals surface area contributed by atoms with Crippen molar-refractivity contribution in [2.75, 3.05) is 13.1 Å². The van der Waals surface area contributed by atoms with Gasteiger partial charge in [-0.15, -0.1) is 0 Å². The number of carbonyl (C=O) groups is 1. The number of benzene rings is 2. The number of rotatable bonds is 4. The minimum atomic E-state index is -0.410. The predicted molar refractivity (Wildman–Crippen MR) is 109 cm³/mol. The minimum Gasteiger partial charge on any atom is -0.480 e. The van der Waals surface area contributed by atoms with Crippen LogP contribution in [-0.2, 0) is 37.0 Å². The lowest BCUT2D eigenvalue weighted by molar-refractivity contribution is -0.137.